The van der Waals surface area contributed by atoms with Gasteiger partial charge in [0.15, 0.2) is 0 Å². The molecule has 2 nitrogen and oxygen atoms in total. The first-order valence-corrected chi connectivity index (χ1v) is 26.9. The Kier molecular flexibility index (Phi) is 28.1. The van der Waals surface area contributed by atoms with Gasteiger partial charge >= 0.3 is 0 Å². The summed E-state index contributed by atoms with van der Waals surface area (Å²) in [4.78, 5) is 0. The Morgan fingerprint density at radius 1 is 0.254 bits per heavy atom. The van der Waals surface area contributed by atoms with Crippen LogP contribution < -0.4 is 11.5 Å². The monoisotopic (exact) mass is 855 g/mol. The maximum absolute atomic E-state index is 6.34. The van der Waals surface area contributed by atoms with Gasteiger partial charge in [0.2, 0.25) is 0 Å². The molecule has 0 saturated heterocycles. The third kappa shape index (κ3) is 23.8. The second-order valence-electron chi connectivity index (χ2n) is 19.6. The van der Waals surface area contributed by atoms with E-state index in [9.17, 15) is 0 Å². The summed E-state index contributed by atoms with van der Waals surface area (Å²) in [5.74, 6) is 0. The first kappa shape index (κ1) is 52.1. The molecule has 0 bridgehead atoms. The van der Waals surface area contributed by atoms with Crippen LogP contribution in [0.5, 0.6) is 0 Å². The molecule has 4 rings (SSSR count). The van der Waals surface area contributed by atoms with E-state index < -0.39 is 0 Å². The van der Waals surface area contributed by atoms with Crippen LogP contribution >= 0.6 is 0 Å². The van der Waals surface area contributed by atoms with Crippen molar-refractivity contribution in [3.63, 3.8) is 0 Å². The zero-order chi connectivity index (χ0) is 44.4. The zero-order valence-corrected chi connectivity index (χ0v) is 41.0. The van der Waals surface area contributed by atoms with Crippen LogP contribution in [0, 0.1) is 0 Å². The molecule has 0 aromatic heterocycles. The molecule has 2 heteroatoms. The minimum atomic E-state index is 0.962. The molecule has 0 spiro atoms. The standard InChI is InChI=1S/C61H94N2/c1-3-5-7-9-26-30-34-58-50-56(44-46-60(58)62)48-54-40-36-52(37-41-54)32-28-24-22-20-18-16-14-12-11-13-15-17-19-21-23-25-29-33-53-38-42-55(43-39-53)49-57-45-47-61(63)59(51-57)35-31-27-10-8-6-4-2/h36-47,50-51H,3-35,48-49,62-63H2,1-2H3. The van der Waals surface area contributed by atoms with Crippen molar-refractivity contribution in [1.29, 1.82) is 0 Å². The Labute approximate surface area is 389 Å². The predicted octanol–water partition coefficient (Wildman–Crippen LogP) is 18.3. The van der Waals surface area contributed by atoms with Gasteiger partial charge < -0.3 is 11.5 Å². The lowest BCUT2D eigenvalue weighted by Crippen LogP contribution is -1.98. The third-order valence-corrected chi connectivity index (χ3v) is 13.8. The van der Waals surface area contributed by atoms with Crippen molar-refractivity contribution < 1.29 is 0 Å². The van der Waals surface area contributed by atoms with Gasteiger partial charge in [-0.1, -0.05) is 247 Å². The summed E-state index contributed by atoms with van der Waals surface area (Å²) >= 11 is 0. The summed E-state index contributed by atoms with van der Waals surface area (Å²) in [7, 11) is 0. The van der Waals surface area contributed by atoms with Gasteiger partial charge in [-0.2, -0.15) is 0 Å². The number of rotatable bonds is 38. The topological polar surface area (TPSA) is 52.0 Å². The highest BCUT2D eigenvalue weighted by Crippen LogP contribution is 2.23. The summed E-state index contributed by atoms with van der Waals surface area (Å²) in [5.41, 5.74) is 25.8. The van der Waals surface area contributed by atoms with E-state index in [0.717, 1.165) is 37.1 Å². The van der Waals surface area contributed by atoms with Gasteiger partial charge in [0, 0.05) is 11.4 Å². The van der Waals surface area contributed by atoms with E-state index in [4.69, 9.17) is 11.5 Å². The molecule has 4 aromatic carbocycles. The van der Waals surface area contributed by atoms with Crippen LogP contribution in [-0.2, 0) is 38.5 Å². The first-order chi connectivity index (χ1) is 31.0. The molecule has 4 aromatic rings. The number of anilines is 2. The molecule has 0 amide bonds. The predicted molar refractivity (Wildman–Crippen MR) is 280 cm³/mol. The Balaban J connectivity index is 0.902. The summed E-state index contributed by atoms with van der Waals surface area (Å²) in [6.07, 6.45) is 46.5. The Morgan fingerprint density at radius 3 is 0.794 bits per heavy atom. The molecule has 0 aliphatic carbocycles. The molecule has 0 aliphatic heterocycles. The average molecular weight is 855 g/mol. The molecule has 4 N–H and O–H groups in total. The van der Waals surface area contributed by atoms with E-state index in [-0.39, 0.29) is 0 Å². The lowest BCUT2D eigenvalue weighted by atomic mass is 9.97. The van der Waals surface area contributed by atoms with Crippen molar-refractivity contribution in [2.75, 3.05) is 11.5 Å². The van der Waals surface area contributed by atoms with E-state index >= 15 is 0 Å². The second-order valence-corrected chi connectivity index (χ2v) is 19.6. The summed E-state index contributed by atoms with van der Waals surface area (Å²) in [5, 5.41) is 0. The largest absolute Gasteiger partial charge is 0.399 e. The van der Waals surface area contributed by atoms with Gasteiger partial charge in [-0.15, -0.1) is 0 Å². The lowest BCUT2D eigenvalue weighted by molar-refractivity contribution is 0.525. The summed E-state index contributed by atoms with van der Waals surface area (Å²) in [6, 6.07) is 32.2. The van der Waals surface area contributed by atoms with Crippen molar-refractivity contribution in [1.82, 2.24) is 0 Å². The average Bonchev–Trinajstić information content (AvgIpc) is 3.30. The molecule has 348 valence electrons. The molecular formula is C61H94N2. The van der Waals surface area contributed by atoms with E-state index in [2.05, 4.69) is 98.8 Å². The molecule has 0 aliphatic rings. The number of hydrogen-bond acceptors (Lipinski definition) is 2. The SMILES string of the molecule is CCCCCCCCc1cc(Cc2ccc(CCCCCCCCCCCCCCCCCCCc3ccc(Cc4ccc(N)c(CCCCCCCC)c4)cc3)cc2)ccc1N. The highest BCUT2D eigenvalue weighted by molar-refractivity contribution is 5.50. The van der Waals surface area contributed by atoms with Crippen LogP contribution in [0.15, 0.2) is 84.9 Å². The third-order valence-electron chi connectivity index (χ3n) is 13.8. The molecule has 0 fully saturated rings. The fourth-order valence-corrected chi connectivity index (χ4v) is 9.59. The number of nitrogen functional groups attached to an aromatic ring is 2. The number of nitrogens with two attached hydrogens (primary N) is 2. The molecule has 0 atom stereocenters. The maximum Gasteiger partial charge on any atom is 0.0346 e. The first-order valence-electron chi connectivity index (χ1n) is 26.9. The van der Waals surface area contributed by atoms with Crippen LogP contribution in [0.25, 0.3) is 0 Å². The van der Waals surface area contributed by atoms with E-state index in [1.165, 1.54) is 244 Å². The molecule has 0 saturated carbocycles. The molecular weight excluding hydrogens is 761 g/mol. The van der Waals surface area contributed by atoms with Crippen molar-refractivity contribution in [3.05, 3.63) is 129 Å². The number of aryl methyl sites for hydroxylation is 4. The smallest absolute Gasteiger partial charge is 0.0346 e. The van der Waals surface area contributed by atoms with Crippen molar-refractivity contribution in [2.24, 2.45) is 0 Å². The Hall–Kier alpha value is -3.52. The van der Waals surface area contributed by atoms with Crippen molar-refractivity contribution >= 4 is 11.4 Å². The van der Waals surface area contributed by atoms with Crippen LogP contribution in [0.3, 0.4) is 0 Å². The molecule has 63 heavy (non-hydrogen) atoms. The van der Waals surface area contributed by atoms with Gasteiger partial charge in [-0.25, -0.2) is 0 Å². The minimum absolute atomic E-state index is 0.962. The van der Waals surface area contributed by atoms with Crippen LogP contribution in [0.4, 0.5) is 11.4 Å². The lowest BCUT2D eigenvalue weighted by Gasteiger charge is -2.10. The van der Waals surface area contributed by atoms with Gasteiger partial charge in [0.1, 0.15) is 0 Å². The number of benzene rings is 4. The summed E-state index contributed by atoms with van der Waals surface area (Å²) in [6.45, 7) is 4.56. The van der Waals surface area contributed by atoms with E-state index in [1.54, 1.807) is 0 Å². The van der Waals surface area contributed by atoms with Crippen LogP contribution in [0.1, 0.15) is 245 Å². The van der Waals surface area contributed by atoms with Gasteiger partial charge in [-0.05, 0) is 121 Å². The minimum Gasteiger partial charge on any atom is -0.399 e. The van der Waals surface area contributed by atoms with E-state index in [0.29, 0.717) is 0 Å². The highest BCUT2D eigenvalue weighted by atomic mass is 14.6. The van der Waals surface area contributed by atoms with Crippen LogP contribution in [0.2, 0.25) is 0 Å². The maximum atomic E-state index is 6.34. The van der Waals surface area contributed by atoms with Gasteiger partial charge in [0.05, 0.1) is 0 Å². The Bertz CT molecular complexity index is 1580. The fourth-order valence-electron chi connectivity index (χ4n) is 9.59. The molecule has 0 heterocycles. The number of hydrogen-bond donors (Lipinski definition) is 2. The second kappa shape index (κ2) is 33.9. The molecule has 0 unspecified atom stereocenters. The highest BCUT2D eigenvalue weighted by Gasteiger charge is 2.06. The molecule has 0 radical (unpaired) electrons. The zero-order valence-electron chi connectivity index (χ0n) is 41.0. The van der Waals surface area contributed by atoms with Crippen LogP contribution in [-0.4, -0.2) is 0 Å². The van der Waals surface area contributed by atoms with E-state index in [1.807, 2.05) is 0 Å². The van der Waals surface area contributed by atoms with Crippen molar-refractivity contribution in [2.45, 2.75) is 239 Å². The fraction of sp³-hybridized carbons (Fsp3) is 0.607. The van der Waals surface area contributed by atoms with Gasteiger partial charge in [0.25, 0.3) is 0 Å². The Morgan fingerprint density at radius 2 is 0.492 bits per heavy atom. The van der Waals surface area contributed by atoms with Gasteiger partial charge in [-0.3, -0.25) is 0 Å². The van der Waals surface area contributed by atoms with Crippen molar-refractivity contribution in [3.8, 4) is 0 Å². The quantitative estimate of drug-likeness (QED) is 0.0349. The summed E-state index contributed by atoms with van der Waals surface area (Å²) < 4.78 is 0. The number of unbranched alkanes of at least 4 members (excludes halogenated alkanes) is 26. The normalized spacial score (nSPS) is 11.5.